The third kappa shape index (κ3) is 2.93. The van der Waals surface area contributed by atoms with Gasteiger partial charge in [-0.1, -0.05) is 36.4 Å². The van der Waals surface area contributed by atoms with Gasteiger partial charge in [0.1, 0.15) is 5.82 Å². The molecule has 118 valence electrons. The highest BCUT2D eigenvalue weighted by Crippen LogP contribution is 2.48. The number of hydrogen-bond acceptors (Lipinski definition) is 3. The van der Waals surface area contributed by atoms with Crippen LogP contribution in [0.2, 0.25) is 0 Å². The first-order valence-corrected chi connectivity index (χ1v) is 8.26. The molecule has 2 heterocycles. The number of aromatic nitrogens is 1. The molecule has 4 heteroatoms. The van der Waals surface area contributed by atoms with Crippen molar-refractivity contribution >= 4 is 11.7 Å². The van der Waals surface area contributed by atoms with Gasteiger partial charge in [0.25, 0.3) is 0 Å². The molecule has 2 aliphatic rings. The van der Waals surface area contributed by atoms with E-state index in [9.17, 15) is 4.79 Å². The Hall–Kier alpha value is -2.36. The predicted molar refractivity (Wildman–Crippen MR) is 90.2 cm³/mol. The van der Waals surface area contributed by atoms with E-state index in [1.807, 2.05) is 36.4 Å². The Morgan fingerprint density at radius 1 is 1.13 bits per heavy atom. The van der Waals surface area contributed by atoms with Crippen molar-refractivity contribution in [2.75, 3.05) is 18.0 Å². The summed E-state index contributed by atoms with van der Waals surface area (Å²) in [5, 5.41) is 3.23. The van der Waals surface area contributed by atoms with Crippen molar-refractivity contribution in [3.8, 4) is 0 Å². The molecule has 4 rings (SSSR count). The van der Waals surface area contributed by atoms with Crippen molar-refractivity contribution in [1.29, 1.82) is 0 Å². The zero-order valence-corrected chi connectivity index (χ0v) is 13.1. The molecule has 0 unspecified atom stereocenters. The lowest BCUT2D eigenvalue weighted by atomic mass is 9.94. The number of pyridine rings is 1. The molecular weight excluding hydrogens is 286 g/mol. The predicted octanol–water partition coefficient (Wildman–Crippen LogP) is 2.41. The number of rotatable bonds is 5. The Morgan fingerprint density at radius 2 is 1.87 bits per heavy atom. The van der Waals surface area contributed by atoms with Gasteiger partial charge in [0.15, 0.2) is 0 Å². The lowest BCUT2D eigenvalue weighted by molar-refractivity contribution is -0.127. The van der Waals surface area contributed by atoms with Crippen LogP contribution in [0.5, 0.6) is 0 Å². The fourth-order valence-corrected chi connectivity index (χ4v) is 3.26. The standard InChI is InChI=1S/C19H21N3O/c23-18(19(9-10-19)12-15-6-2-1-3-7-15)21-16-13-22(14-16)17-8-4-5-11-20-17/h1-8,11,16H,9-10,12-14H2,(H,21,23). The van der Waals surface area contributed by atoms with E-state index < -0.39 is 0 Å². The van der Waals surface area contributed by atoms with Crippen molar-refractivity contribution < 1.29 is 4.79 Å². The Kier molecular flexibility index (Phi) is 3.52. The van der Waals surface area contributed by atoms with Gasteiger partial charge in [-0.05, 0) is 37.0 Å². The van der Waals surface area contributed by atoms with E-state index in [2.05, 4.69) is 27.3 Å². The molecule has 1 amide bonds. The Labute approximate surface area is 136 Å². The average molecular weight is 307 g/mol. The second-order valence-corrected chi connectivity index (χ2v) is 6.71. The van der Waals surface area contributed by atoms with Crippen molar-refractivity contribution in [2.24, 2.45) is 5.41 Å². The number of carbonyl (C=O) groups excluding carboxylic acids is 1. The fourth-order valence-electron chi connectivity index (χ4n) is 3.26. The summed E-state index contributed by atoms with van der Waals surface area (Å²) in [7, 11) is 0. The van der Waals surface area contributed by atoms with Crippen LogP contribution in [-0.4, -0.2) is 30.0 Å². The first-order chi connectivity index (χ1) is 11.3. The maximum Gasteiger partial charge on any atom is 0.226 e. The molecule has 1 aromatic heterocycles. The molecule has 1 aliphatic heterocycles. The van der Waals surface area contributed by atoms with Gasteiger partial charge in [-0.2, -0.15) is 0 Å². The number of amides is 1. The lowest BCUT2D eigenvalue weighted by Gasteiger charge is -2.41. The van der Waals surface area contributed by atoms with Crippen molar-refractivity contribution in [2.45, 2.75) is 25.3 Å². The van der Waals surface area contributed by atoms with E-state index in [4.69, 9.17) is 0 Å². The van der Waals surface area contributed by atoms with Gasteiger partial charge < -0.3 is 10.2 Å². The van der Waals surface area contributed by atoms with Gasteiger partial charge in [0.05, 0.1) is 11.5 Å². The summed E-state index contributed by atoms with van der Waals surface area (Å²) >= 11 is 0. The highest BCUT2D eigenvalue weighted by atomic mass is 16.2. The molecule has 2 aromatic rings. The zero-order chi connectivity index (χ0) is 15.7. The van der Waals surface area contributed by atoms with E-state index in [0.717, 1.165) is 38.2 Å². The van der Waals surface area contributed by atoms with Crippen LogP contribution in [0.15, 0.2) is 54.7 Å². The largest absolute Gasteiger partial charge is 0.352 e. The van der Waals surface area contributed by atoms with Crippen LogP contribution in [0.1, 0.15) is 18.4 Å². The number of anilines is 1. The highest BCUT2D eigenvalue weighted by molar-refractivity contribution is 5.86. The summed E-state index contributed by atoms with van der Waals surface area (Å²) in [6, 6.07) is 16.5. The van der Waals surface area contributed by atoms with Gasteiger partial charge >= 0.3 is 0 Å². The van der Waals surface area contributed by atoms with Gasteiger partial charge in [0.2, 0.25) is 5.91 Å². The maximum atomic E-state index is 12.6. The van der Waals surface area contributed by atoms with Gasteiger partial charge in [-0.3, -0.25) is 4.79 Å². The SMILES string of the molecule is O=C(NC1CN(c2ccccn2)C1)C1(Cc2ccccc2)CC1. The summed E-state index contributed by atoms with van der Waals surface area (Å²) in [5.74, 6) is 1.22. The molecule has 1 saturated carbocycles. The molecule has 4 nitrogen and oxygen atoms in total. The number of nitrogens with one attached hydrogen (secondary N) is 1. The third-order valence-electron chi connectivity index (χ3n) is 4.91. The first-order valence-electron chi connectivity index (χ1n) is 8.26. The minimum absolute atomic E-state index is 0.160. The molecule has 0 atom stereocenters. The average Bonchev–Trinajstić information content (AvgIpc) is 3.33. The molecule has 1 aromatic carbocycles. The topological polar surface area (TPSA) is 45.2 Å². The second-order valence-electron chi connectivity index (χ2n) is 6.71. The molecule has 1 saturated heterocycles. The zero-order valence-electron chi connectivity index (χ0n) is 13.1. The summed E-state index contributed by atoms with van der Waals surface area (Å²) in [6.07, 6.45) is 4.67. The van der Waals surface area contributed by atoms with Crippen LogP contribution in [0.4, 0.5) is 5.82 Å². The minimum Gasteiger partial charge on any atom is -0.352 e. The molecule has 1 N–H and O–H groups in total. The third-order valence-corrected chi connectivity index (χ3v) is 4.91. The molecular formula is C19H21N3O. The summed E-state index contributed by atoms with van der Waals surface area (Å²) < 4.78 is 0. The van der Waals surface area contributed by atoms with E-state index >= 15 is 0 Å². The van der Waals surface area contributed by atoms with E-state index in [0.29, 0.717) is 0 Å². The Morgan fingerprint density at radius 3 is 2.52 bits per heavy atom. The Balaban J connectivity index is 1.31. The number of nitrogens with zero attached hydrogens (tertiary/aromatic N) is 2. The van der Waals surface area contributed by atoms with Gasteiger partial charge in [-0.25, -0.2) is 4.98 Å². The van der Waals surface area contributed by atoms with Crippen LogP contribution in [0.3, 0.4) is 0 Å². The van der Waals surface area contributed by atoms with E-state index in [1.54, 1.807) is 6.20 Å². The van der Waals surface area contributed by atoms with Crippen LogP contribution < -0.4 is 10.2 Å². The summed E-state index contributed by atoms with van der Waals surface area (Å²) in [5.41, 5.74) is 1.09. The maximum absolute atomic E-state index is 12.6. The molecule has 2 fully saturated rings. The van der Waals surface area contributed by atoms with E-state index in [-0.39, 0.29) is 17.4 Å². The van der Waals surface area contributed by atoms with Crippen LogP contribution in [0.25, 0.3) is 0 Å². The molecule has 0 bridgehead atoms. The van der Waals surface area contributed by atoms with Crippen LogP contribution in [-0.2, 0) is 11.2 Å². The lowest BCUT2D eigenvalue weighted by Crippen LogP contribution is -2.60. The summed E-state index contributed by atoms with van der Waals surface area (Å²) in [6.45, 7) is 1.70. The summed E-state index contributed by atoms with van der Waals surface area (Å²) in [4.78, 5) is 19.2. The van der Waals surface area contributed by atoms with Crippen LogP contribution >= 0.6 is 0 Å². The molecule has 0 spiro atoms. The first kappa shape index (κ1) is 14.2. The van der Waals surface area contributed by atoms with E-state index in [1.165, 1.54) is 5.56 Å². The monoisotopic (exact) mass is 307 g/mol. The van der Waals surface area contributed by atoms with Crippen LogP contribution in [0, 0.1) is 5.41 Å². The van der Waals surface area contributed by atoms with Gasteiger partial charge in [0, 0.05) is 19.3 Å². The van der Waals surface area contributed by atoms with Gasteiger partial charge in [-0.15, -0.1) is 0 Å². The molecule has 23 heavy (non-hydrogen) atoms. The quantitative estimate of drug-likeness (QED) is 0.922. The Bertz CT molecular complexity index is 676. The second kappa shape index (κ2) is 5.69. The number of benzene rings is 1. The van der Waals surface area contributed by atoms with Crippen molar-refractivity contribution in [3.63, 3.8) is 0 Å². The number of hydrogen-bond donors (Lipinski definition) is 1. The molecule has 0 radical (unpaired) electrons. The smallest absolute Gasteiger partial charge is 0.226 e. The molecule has 1 aliphatic carbocycles. The normalized spacial score (nSPS) is 19.0. The highest BCUT2D eigenvalue weighted by Gasteiger charge is 2.50. The van der Waals surface area contributed by atoms with Crippen molar-refractivity contribution in [3.05, 3.63) is 60.3 Å². The van der Waals surface area contributed by atoms with Crippen molar-refractivity contribution in [1.82, 2.24) is 10.3 Å². The number of carbonyl (C=O) groups is 1. The fraction of sp³-hybridized carbons (Fsp3) is 0.368. The minimum atomic E-state index is -0.160.